The fourth-order valence-electron chi connectivity index (χ4n) is 2.87. The predicted octanol–water partition coefficient (Wildman–Crippen LogP) is 1.34. The Balaban J connectivity index is 1.76. The van der Waals surface area contributed by atoms with Crippen LogP contribution in [0.4, 0.5) is 5.82 Å². The van der Waals surface area contributed by atoms with Crippen LogP contribution in [0, 0.1) is 13.8 Å². The number of carbonyl (C=O) groups is 1. The Bertz CT molecular complexity index is 702. The monoisotopic (exact) mass is 314 g/mol. The van der Waals surface area contributed by atoms with Crippen LogP contribution in [0.2, 0.25) is 0 Å². The summed E-state index contributed by atoms with van der Waals surface area (Å²) in [5, 5.41) is 4.46. The molecule has 0 bridgehead atoms. The molecule has 0 saturated carbocycles. The lowest BCUT2D eigenvalue weighted by molar-refractivity contribution is -0.131. The van der Waals surface area contributed by atoms with Gasteiger partial charge in [0.05, 0.1) is 18.1 Å². The third kappa shape index (κ3) is 3.18. The van der Waals surface area contributed by atoms with Crippen molar-refractivity contribution in [1.82, 2.24) is 24.6 Å². The summed E-state index contributed by atoms with van der Waals surface area (Å²) in [7, 11) is 0. The Morgan fingerprint density at radius 3 is 2.43 bits per heavy atom. The van der Waals surface area contributed by atoms with E-state index >= 15 is 0 Å². The first-order valence-electron chi connectivity index (χ1n) is 7.97. The third-order valence-electron chi connectivity index (χ3n) is 4.09. The molecular formula is C16H22N6O. The van der Waals surface area contributed by atoms with Gasteiger partial charge in [-0.1, -0.05) is 6.92 Å². The van der Waals surface area contributed by atoms with Gasteiger partial charge in [0.25, 0.3) is 0 Å². The molecule has 7 nitrogen and oxygen atoms in total. The van der Waals surface area contributed by atoms with Gasteiger partial charge in [-0.3, -0.25) is 9.78 Å². The van der Waals surface area contributed by atoms with Crippen LogP contribution in [0.1, 0.15) is 24.7 Å². The summed E-state index contributed by atoms with van der Waals surface area (Å²) in [6.45, 7) is 8.89. The number of rotatable bonds is 3. The number of aromatic nitrogens is 4. The quantitative estimate of drug-likeness (QED) is 0.855. The third-order valence-corrected chi connectivity index (χ3v) is 4.09. The van der Waals surface area contributed by atoms with Crippen LogP contribution in [-0.2, 0) is 4.79 Å². The van der Waals surface area contributed by atoms with Crippen LogP contribution in [0.3, 0.4) is 0 Å². The molecule has 0 aliphatic carbocycles. The SMILES string of the molecule is CCC(=O)N1CCN(c2cncc(-n3nc(C)cc3C)n2)CC1. The minimum atomic E-state index is 0.215. The van der Waals surface area contributed by atoms with E-state index in [1.165, 1.54) is 0 Å². The summed E-state index contributed by atoms with van der Waals surface area (Å²) in [5.41, 5.74) is 1.99. The second-order valence-electron chi connectivity index (χ2n) is 5.80. The summed E-state index contributed by atoms with van der Waals surface area (Å²) < 4.78 is 1.81. The number of hydrogen-bond donors (Lipinski definition) is 0. The molecule has 1 fully saturated rings. The van der Waals surface area contributed by atoms with Crippen LogP contribution >= 0.6 is 0 Å². The minimum absolute atomic E-state index is 0.215. The molecule has 3 rings (SSSR count). The van der Waals surface area contributed by atoms with Crippen molar-refractivity contribution in [2.24, 2.45) is 0 Å². The van der Waals surface area contributed by atoms with Gasteiger partial charge in [0, 0.05) is 38.3 Å². The highest BCUT2D eigenvalue weighted by Crippen LogP contribution is 2.16. The van der Waals surface area contributed by atoms with Crippen molar-refractivity contribution >= 4 is 11.7 Å². The fourth-order valence-corrected chi connectivity index (χ4v) is 2.87. The van der Waals surface area contributed by atoms with E-state index in [0.29, 0.717) is 6.42 Å². The van der Waals surface area contributed by atoms with Gasteiger partial charge in [0.15, 0.2) is 5.82 Å². The summed E-state index contributed by atoms with van der Waals surface area (Å²) in [6, 6.07) is 2.02. The van der Waals surface area contributed by atoms with Crippen LogP contribution in [0.15, 0.2) is 18.5 Å². The molecule has 1 amide bonds. The lowest BCUT2D eigenvalue weighted by Crippen LogP contribution is -2.48. The molecule has 0 N–H and O–H groups in total. The highest BCUT2D eigenvalue weighted by Gasteiger charge is 2.21. The second-order valence-corrected chi connectivity index (χ2v) is 5.80. The van der Waals surface area contributed by atoms with Crippen molar-refractivity contribution in [3.8, 4) is 5.82 Å². The van der Waals surface area contributed by atoms with E-state index < -0.39 is 0 Å². The van der Waals surface area contributed by atoms with Gasteiger partial charge in [-0.25, -0.2) is 9.67 Å². The lowest BCUT2D eigenvalue weighted by Gasteiger charge is -2.35. The largest absolute Gasteiger partial charge is 0.352 e. The molecule has 1 aliphatic rings. The van der Waals surface area contributed by atoms with Crippen molar-refractivity contribution in [2.75, 3.05) is 31.1 Å². The Morgan fingerprint density at radius 1 is 1.13 bits per heavy atom. The molecule has 7 heteroatoms. The van der Waals surface area contributed by atoms with E-state index in [-0.39, 0.29) is 5.91 Å². The number of anilines is 1. The standard InChI is InChI=1S/C16H22N6O/c1-4-16(23)21-7-5-20(6-8-21)14-10-17-11-15(18-14)22-13(3)9-12(2)19-22/h9-11H,4-8H2,1-3H3. The molecule has 0 aromatic carbocycles. The zero-order chi connectivity index (χ0) is 16.4. The van der Waals surface area contributed by atoms with Crippen molar-refractivity contribution in [2.45, 2.75) is 27.2 Å². The average molecular weight is 314 g/mol. The topological polar surface area (TPSA) is 67.2 Å². The van der Waals surface area contributed by atoms with Gasteiger partial charge in [-0.15, -0.1) is 0 Å². The zero-order valence-electron chi connectivity index (χ0n) is 13.9. The Hall–Kier alpha value is -2.44. The summed E-state index contributed by atoms with van der Waals surface area (Å²) in [5.74, 6) is 1.77. The number of amides is 1. The molecule has 2 aromatic heterocycles. The predicted molar refractivity (Wildman–Crippen MR) is 87.7 cm³/mol. The molecule has 1 aliphatic heterocycles. The first kappa shape index (κ1) is 15.5. The first-order valence-corrected chi connectivity index (χ1v) is 7.97. The maximum atomic E-state index is 11.8. The van der Waals surface area contributed by atoms with E-state index in [0.717, 1.165) is 49.2 Å². The summed E-state index contributed by atoms with van der Waals surface area (Å²) in [4.78, 5) is 24.8. The first-order chi connectivity index (χ1) is 11.1. The lowest BCUT2D eigenvalue weighted by atomic mass is 10.3. The van der Waals surface area contributed by atoms with Crippen LogP contribution in [0.25, 0.3) is 5.82 Å². The molecule has 0 spiro atoms. The van der Waals surface area contributed by atoms with Gasteiger partial charge in [0.1, 0.15) is 5.82 Å². The number of aryl methyl sites for hydroxylation is 2. The highest BCUT2D eigenvalue weighted by molar-refractivity contribution is 5.76. The van der Waals surface area contributed by atoms with Gasteiger partial charge >= 0.3 is 0 Å². The minimum Gasteiger partial charge on any atom is -0.352 e. The van der Waals surface area contributed by atoms with E-state index in [1.807, 2.05) is 36.4 Å². The second kappa shape index (κ2) is 6.36. The van der Waals surface area contributed by atoms with Gasteiger partial charge < -0.3 is 9.80 Å². The molecule has 0 unspecified atom stereocenters. The molecule has 1 saturated heterocycles. The Morgan fingerprint density at radius 2 is 1.83 bits per heavy atom. The smallest absolute Gasteiger partial charge is 0.222 e. The van der Waals surface area contributed by atoms with Crippen molar-refractivity contribution < 1.29 is 4.79 Å². The molecule has 122 valence electrons. The molecule has 2 aromatic rings. The highest BCUT2D eigenvalue weighted by atomic mass is 16.2. The summed E-state index contributed by atoms with van der Waals surface area (Å²) in [6.07, 6.45) is 4.06. The fraction of sp³-hybridized carbons (Fsp3) is 0.500. The molecule has 23 heavy (non-hydrogen) atoms. The zero-order valence-corrected chi connectivity index (χ0v) is 13.9. The van der Waals surface area contributed by atoms with E-state index in [1.54, 1.807) is 12.4 Å². The van der Waals surface area contributed by atoms with E-state index in [9.17, 15) is 4.79 Å². The molecule has 0 atom stereocenters. The van der Waals surface area contributed by atoms with Crippen LogP contribution < -0.4 is 4.90 Å². The van der Waals surface area contributed by atoms with Crippen molar-refractivity contribution in [1.29, 1.82) is 0 Å². The average Bonchev–Trinajstić information content (AvgIpc) is 2.93. The maximum Gasteiger partial charge on any atom is 0.222 e. The molecular weight excluding hydrogens is 292 g/mol. The van der Waals surface area contributed by atoms with Crippen molar-refractivity contribution in [3.63, 3.8) is 0 Å². The van der Waals surface area contributed by atoms with Gasteiger partial charge in [0.2, 0.25) is 5.91 Å². The summed E-state index contributed by atoms with van der Waals surface area (Å²) >= 11 is 0. The maximum absolute atomic E-state index is 11.8. The van der Waals surface area contributed by atoms with E-state index in [4.69, 9.17) is 4.98 Å². The van der Waals surface area contributed by atoms with Crippen molar-refractivity contribution in [3.05, 3.63) is 29.8 Å². The van der Waals surface area contributed by atoms with Crippen LogP contribution in [0.5, 0.6) is 0 Å². The van der Waals surface area contributed by atoms with Gasteiger partial charge in [-0.05, 0) is 19.9 Å². The Kier molecular flexibility index (Phi) is 4.27. The number of hydrogen-bond acceptors (Lipinski definition) is 5. The molecule has 0 radical (unpaired) electrons. The number of nitrogens with zero attached hydrogens (tertiary/aromatic N) is 6. The number of piperazine rings is 1. The van der Waals surface area contributed by atoms with Gasteiger partial charge in [-0.2, -0.15) is 5.10 Å². The van der Waals surface area contributed by atoms with Crippen LogP contribution in [-0.4, -0.2) is 56.7 Å². The molecule has 3 heterocycles. The number of carbonyl (C=O) groups excluding carboxylic acids is 1. The normalized spacial score (nSPS) is 15.1. The Labute approximate surface area is 135 Å². The van der Waals surface area contributed by atoms with E-state index in [2.05, 4.69) is 15.0 Å².